The molecule has 1 aliphatic carbocycles. The third-order valence-corrected chi connectivity index (χ3v) is 2.78. The van der Waals surface area contributed by atoms with Crippen LogP contribution in [0.5, 0.6) is 0 Å². The number of allylic oxidation sites excluding steroid dienone is 1. The molecule has 0 heterocycles. The van der Waals surface area contributed by atoms with Crippen molar-refractivity contribution >= 4 is 5.78 Å². The van der Waals surface area contributed by atoms with Gasteiger partial charge in [0.2, 0.25) is 0 Å². The zero-order valence-electron chi connectivity index (χ0n) is 8.43. The van der Waals surface area contributed by atoms with Crippen LogP contribution in [0.15, 0.2) is 36.4 Å². The van der Waals surface area contributed by atoms with Crippen LogP contribution >= 0.6 is 0 Å². The fourth-order valence-electron chi connectivity index (χ4n) is 1.92. The Bertz CT molecular complexity index is 438. The van der Waals surface area contributed by atoms with Gasteiger partial charge in [-0.25, -0.2) is 4.39 Å². The van der Waals surface area contributed by atoms with Crippen LogP contribution in [0, 0.1) is 5.82 Å². The molecule has 4 heteroatoms. The molecule has 0 aliphatic heterocycles. The summed E-state index contributed by atoms with van der Waals surface area (Å²) in [6.07, 6.45) is 2.52. The summed E-state index contributed by atoms with van der Waals surface area (Å²) in [5, 5.41) is 19.1. The highest BCUT2D eigenvalue weighted by Crippen LogP contribution is 2.35. The minimum absolute atomic E-state index is 0.289. The number of carbonyl (C=O) groups excluding carboxylic acids is 1. The second kappa shape index (κ2) is 3.81. The second-order valence-corrected chi connectivity index (χ2v) is 3.87. The van der Waals surface area contributed by atoms with E-state index in [2.05, 4.69) is 0 Å². The molecule has 1 aliphatic rings. The van der Waals surface area contributed by atoms with E-state index >= 15 is 0 Å². The number of aliphatic hydroxyl groups is 2. The smallest absolute Gasteiger partial charge is 0.166 e. The first-order valence-electron chi connectivity index (χ1n) is 4.88. The van der Waals surface area contributed by atoms with Crippen molar-refractivity contribution in [2.24, 2.45) is 0 Å². The molecule has 0 fully saturated rings. The number of hydrogen-bond donors (Lipinski definition) is 2. The highest BCUT2D eigenvalue weighted by atomic mass is 19.1. The Morgan fingerprint density at radius 2 is 1.94 bits per heavy atom. The summed E-state index contributed by atoms with van der Waals surface area (Å²) in [6, 6.07) is 5.31. The molecule has 1 aromatic rings. The molecule has 2 atom stereocenters. The predicted molar refractivity (Wildman–Crippen MR) is 55.3 cm³/mol. The minimum atomic E-state index is -1.57. The number of hydrogen-bond acceptors (Lipinski definition) is 3. The van der Waals surface area contributed by atoms with Crippen molar-refractivity contribution in [3.05, 3.63) is 47.8 Å². The number of carbonyl (C=O) groups is 1. The molecule has 1 aromatic carbocycles. The molecule has 0 amide bonds. The molecule has 0 saturated carbocycles. The Morgan fingerprint density at radius 1 is 1.31 bits per heavy atom. The maximum Gasteiger partial charge on any atom is 0.166 e. The average Bonchev–Trinajstić information content (AvgIpc) is 2.58. The lowest BCUT2D eigenvalue weighted by Gasteiger charge is -2.26. The van der Waals surface area contributed by atoms with Gasteiger partial charge in [-0.05, 0) is 29.8 Å². The van der Waals surface area contributed by atoms with Gasteiger partial charge in [0.15, 0.2) is 5.78 Å². The normalized spacial score (nSPS) is 28.7. The zero-order valence-corrected chi connectivity index (χ0v) is 8.43. The summed E-state index contributed by atoms with van der Waals surface area (Å²) < 4.78 is 12.7. The van der Waals surface area contributed by atoms with Crippen LogP contribution < -0.4 is 0 Å². The van der Waals surface area contributed by atoms with E-state index in [4.69, 9.17) is 5.11 Å². The molecule has 16 heavy (non-hydrogen) atoms. The lowest BCUT2D eigenvalue weighted by Crippen LogP contribution is -2.37. The molecular weight excluding hydrogens is 211 g/mol. The standard InChI is InChI=1S/C12H11FO3/c13-9-3-1-8(2-4-9)11-10(15)5-6-12(11,16)7-14/h1-6,11,14,16H,7H2. The van der Waals surface area contributed by atoms with E-state index in [1.54, 1.807) is 0 Å². The molecule has 2 unspecified atom stereocenters. The van der Waals surface area contributed by atoms with E-state index in [1.807, 2.05) is 0 Å². The lowest BCUT2D eigenvalue weighted by molar-refractivity contribution is -0.119. The molecular formula is C12H11FO3. The van der Waals surface area contributed by atoms with Gasteiger partial charge in [0.25, 0.3) is 0 Å². The quantitative estimate of drug-likeness (QED) is 0.777. The zero-order chi connectivity index (χ0) is 11.8. The first-order chi connectivity index (χ1) is 7.57. The Kier molecular flexibility index (Phi) is 2.61. The molecule has 84 valence electrons. The number of aliphatic hydroxyl groups excluding tert-OH is 1. The van der Waals surface area contributed by atoms with Gasteiger partial charge in [-0.3, -0.25) is 4.79 Å². The van der Waals surface area contributed by atoms with E-state index in [1.165, 1.54) is 36.4 Å². The third-order valence-electron chi connectivity index (χ3n) is 2.78. The van der Waals surface area contributed by atoms with Gasteiger partial charge in [0.05, 0.1) is 12.5 Å². The van der Waals surface area contributed by atoms with Crippen molar-refractivity contribution in [2.45, 2.75) is 11.5 Å². The van der Waals surface area contributed by atoms with E-state index < -0.39 is 23.9 Å². The lowest BCUT2D eigenvalue weighted by atomic mass is 9.84. The predicted octanol–water partition coefficient (Wildman–Crippen LogP) is 0.772. The van der Waals surface area contributed by atoms with Crippen LogP contribution in [-0.2, 0) is 4.79 Å². The Morgan fingerprint density at radius 3 is 2.50 bits per heavy atom. The summed E-state index contributed by atoms with van der Waals surface area (Å²) in [5.74, 6) is -1.55. The van der Waals surface area contributed by atoms with Gasteiger partial charge < -0.3 is 10.2 Å². The maximum atomic E-state index is 12.7. The Labute approximate surface area is 91.8 Å². The highest BCUT2D eigenvalue weighted by Gasteiger charge is 2.43. The minimum Gasteiger partial charge on any atom is -0.393 e. The fourth-order valence-corrected chi connectivity index (χ4v) is 1.92. The van der Waals surface area contributed by atoms with Gasteiger partial charge in [-0.1, -0.05) is 12.1 Å². The summed E-state index contributed by atoms with van der Waals surface area (Å²) in [5.41, 5.74) is -1.08. The van der Waals surface area contributed by atoms with Crippen LogP contribution in [0.25, 0.3) is 0 Å². The van der Waals surface area contributed by atoms with E-state index in [0.717, 1.165) is 0 Å². The van der Waals surface area contributed by atoms with Crippen molar-refractivity contribution in [2.75, 3.05) is 6.61 Å². The molecule has 2 rings (SSSR count). The number of ketones is 1. The largest absolute Gasteiger partial charge is 0.393 e. The van der Waals surface area contributed by atoms with Gasteiger partial charge in [-0.2, -0.15) is 0 Å². The summed E-state index contributed by atoms with van der Waals surface area (Å²) in [4.78, 5) is 11.6. The molecule has 2 N–H and O–H groups in total. The van der Waals surface area contributed by atoms with Gasteiger partial charge in [0, 0.05) is 0 Å². The summed E-state index contributed by atoms with van der Waals surface area (Å²) in [6.45, 7) is -0.544. The molecule has 3 nitrogen and oxygen atoms in total. The number of halogens is 1. The molecule has 0 bridgehead atoms. The van der Waals surface area contributed by atoms with Gasteiger partial charge >= 0.3 is 0 Å². The first kappa shape index (κ1) is 11.0. The topological polar surface area (TPSA) is 57.5 Å². The molecule has 0 aromatic heterocycles. The second-order valence-electron chi connectivity index (χ2n) is 3.87. The van der Waals surface area contributed by atoms with E-state index in [9.17, 15) is 14.3 Å². The first-order valence-corrected chi connectivity index (χ1v) is 4.88. The van der Waals surface area contributed by atoms with Crippen LogP contribution in [0.1, 0.15) is 11.5 Å². The summed E-state index contributed by atoms with van der Waals surface area (Å²) >= 11 is 0. The Balaban J connectivity index is 2.40. The third kappa shape index (κ3) is 1.66. The van der Waals surface area contributed by atoms with Crippen LogP contribution in [0.4, 0.5) is 4.39 Å². The highest BCUT2D eigenvalue weighted by molar-refractivity contribution is 5.99. The maximum absolute atomic E-state index is 12.7. The number of rotatable bonds is 2. The van der Waals surface area contributed by atoms with Crippen molar-refractivity contribution in [3.8, 4) is 0 Å². The monoisotopic (exact) mass is 222 g/mol. The van der Waals surface area contributed by atoms with Crippen molar-refractivity contribution < 1.29 is 19.4 Å². The average molecular weight is 222 g/mol. The Hall–Kier alpha value is -1.52. The van der Waals surface area contributed by atoms with Crippen LogP contribution in [0.3, 0.4) is 0 Å². The van der Waals surface area contributed by atoms with E-state index in [-0.39, 0.29) is 5.78 Å². The van der Waals surface area contributed by atoms with Crippen molar-refractivity contribution in [1.29, 1.82) is 0 Å². The van der Waals surface area contributed by atoms with Crippen LogP contribution in [0.2, 0.25) is 0 Å². The van der Waals surface area contributed by atoms with Gasteiger partial charge in [0.1, 0.15) is 11.4 Å². The molecule has 0 spiro atoms. The van der Waals surface area contributed by atoms with Gasteiger partial charge in [-0.15, -0.1) is 0 Å². The number of benzene rings is 1. The van der Waals surface area contributed by atoms with Crippen molar-refractivity contribution in [1.82, 2.24) is 0 Å². The molecule has 0 radical (unpaired) electrons. The van der Waals surface area contributed by atoms with E-state index in [0.29, 0.717) is 5.56 Å². The van der Waals surface area contributed by atoms with Crippen molar-refractivity contribution in [3.63, 3.8) is 0 Å². The summed E-state index contributed by atoms with van der Waals surface area (Å²) in [7, 11) is 0. The van der Waals surface area contributed by atoms with Crippen LogP contribution in [-0.4, -0.2) is 28.2 Å². The fraction of sp³-hybridized carbons (Fsp3) is 0.250. The molecule has 0 saturated heterocycles. The SMILES string of the molecule is O=C1C=CC(O)(CO)C1c1ccc(F)cc1.